The van der Waals surface area contributed by atoms with Gasteiger partial charge in [0.25, 0.3) is 0 Å². The second-order valence-corrected chi connectivity index (χ2v) is 4.74. The summed E-state index contributed by atoms with van der Waals surface area (Å²) in [7, 11) is 0. The molecule has 0 aliphatic heterocycles. The van der Waals surface area contributed by atoms with E-state index in [0.29, 0.717) is 6.54 Å². The third-order valence-electron chi connectivity index (χ3n) is 2.91. The molecule has 1 fully saturated rings. The number of hydrogen-bond acceptors (Lipinski definition) is 4. The van der Waals surface area contributed by atoms with Gasteiger partial charge in [0.2, 0.25) is 0 Å². The van der Waals surface area contributed by atoms with Crippen molar-refractivity contribution in [2.75, 3.05) is 13.1 Å². The molecule has 1 aromatic heterocycles. The lowest BCUT2D eigenvalue weighted by Crippen LogP contribution is -2.42. The van der Waals surface area contributed by atoms with Crippen LogP contribution in [0.15, 0.2) is 11.6 Å². The highest BCUT2D eigenvalue weighted by molar-refractivity contribution is 7.09. The first-order valence-electron chi connectivity index (χ1n) is 5.22. The summed E-state index contributed by atoms with van der Waals surface area (Å²) >= 11 is 1.76. The van der Waals surface area contributed by atoms with Gasteiger partial charge in [-0.1, -0.05) is 12.8 Å². The van der Waals surface area contributed by atoms with Crippen LogP contribution < -0.4 is 11.1 Å². The fraction of sp³-hybridized carbons (Fsp3) is 0.700. The average Bonchev–Trinajstić information content (AvgIpc) is 2.86. The molecule has 0 aromatic carbocycles. The van der Waals surface area contributed by atoms with Gasteiger partial charge in [-0.2, -0.15) is 0 Å². The number of nitrogens with zero attached hydrogens (tertiary/aromatic N) is 1. The molecule has 3 N–H and O–H groups in total. The van der Waals surface area contributed by atoms with Crippen molar-refractivity contribution in [1.82, 2.24) is 10.3 Å². The van der Waals surface area contributed by atoms with Crippen LogP contribution in [0.3, 0.4) is 0 Å². The van der Waals surface area contributed by atoms with Gasteiger partial charge in [-0.15, -0.1) is 11.3 Å². The predicted octanol–water partition coefficient (Wildman–Crippen LogP) is 1.46. The molecule has 1 aliphatic carbocycles. The lowest BCUT2D eigenvalue weighted by atomic mass is 9.98. The highest BCUT2D eigenvalue weighted by Gasteiger charge is 2.36. The average molecular weight is 211 g/mol. The van der Waals surface area contributed by atoms with E-state index in [2.05, 4.69) is 15.7 Å². The molecular formula is C10H17N3S. The molecular weight excluding hydrogens is 194 g/mol. The summed E-state index contributed by atoms with van der Waals surface area (Å²) in [5.41, 5.74) is 5.69. The molecule has 3 nitrogen and oxygen atoms in total. The maximum atomic E-state index is 5.54. The molecule has 0 atom stereocenters. The van der Waals surface area contributed by atoms with E-state index < -0.39 is 0 Å². The summed E-state index contributed by atoms with van der Waals surface area (Å²) in [6.07, 6.45) is 6.92. The van der Waals surface area contributed by atoms with Gasteiger partial charge in [-0.25, -0.2) is 4.98 Å². The van der Waals surface area contributed by atoms with Crippen LogP contribution in [-0.4, -0.2) is 18.1 Å². The van der Waals surface area contributed by atoms with E-state index in [1.807, 2.05) is 6.20 Å². The number of rotatable bonds is 4. The topological polar surface area (TPSA) is 50.9 Å². The first kappa shape index (κ1) is 10.1. The molecule has 1 aliphatic rings. The summed E-state index contributed by atoms with van der Waals surface area (Å²) in [5.74, 6) is 0. The van der Waals surface area contributed by atoms with Gasteiger partial charge in [0.05, 0.1) is 5.54 Å². The third kappa shape index (κ3) is 1.82. The molecule has 1 saturated carbocycles. The van der Waals surface area contributed by atoms with Gasteiger partial charge in [0, 0.05) is 24.7 Å². The van der Waals surface area contributed by atoms with Gasteiger partial charge in [-0.05, 0) is 12.8 Å². The number of nitrogens with two attached hydrogens (primary N) is 1. The summed E-state index contributed by atoms with van der Waals surface area (Å²) in [4.78, 5) is 4.44. The Hall–Kier alpha value is -0.450. The first-order chi connectivity index (χ1) is 6.87. The molecule has 0 radical (unpaired) electrons. The third-order valence-corrected chi connectivity index (χ3v) is 3.88. The Morgan fingerprint density at radius 3 is 2.86 bits per heavy atom. The second-order valence-electron chi connectivity index (χ2n) is 3.84. The standard InChI is InChI=1S/C10H17N3S/c11-5-6-13-10(3-1-2-4-10)9-12-7-8-14-9/h7-8,13H,1-6,11H2. The molecule has 2 rings (SSSR count). The van der Waals surface area contributed by atoms with Crippen molar-refractivity contribution in [3.05, 3.63) is 16.6 Å². The van der Waals surface area contributed by atoms with E-state index in [4.69, 9.17) is 5.73 Å². The minimum Gasteiger partial charge on any atom is -0.329 e. The smallest absolute Gasteiger partial charge is 0.113 e. The molecule has 0 unspecified atom stereocenters. The van der Waals surface area contributed by atoms with Gasteiger partial charge in [-0.3, -0.25) is 0 Å². The maximum Gasteiger partial charge on any atom is 0.113 e. The van der Waals surface area contributed by atoms with E-state index in [1.165, 1.54) is 30.7 Å². The summed E-state index contributed by atoms with van der Waals surface area (Å²) in [6, 6.07) is 0. The van der Waals surface area contributed by atoms with Crippen LogP contribution >= 0.6 is 11.3 Å². The van der Waals surface area contributed by atoms with E-state index in [9.17, 15) is 0 Å². The van der Waals surface area contributed by atoms with Crippen molar-refractivity contribution in [2.45, 2.75) is 31.2 Å². The van der Waals surface area contributed by atoms with Crippen molar-refractivity contribution >= 4 is 11.3 Å². The van der Waals surface area contributed by atoms with Crippen molar-refractivity contribution in [3.8, 4) is 0 Å². The monoisotopic (exact) mass is 211 g/mol. The van der Waals surface area contributed by atoms with E-state index in [0.717, 1.165) is 6.54 Å². The van der Waals surface area contributed by atoms with Crippen LogP contribution in [0.5, 0.6) is 0 Å². The largest absolute Gasteiger partial charge is 0.329 e. The SMILES string of the molecule is NCCNC1(c2nccs2)CCCC1. The van der Waals surface area contributed by atoms with E-state index in [1.54, 1.807) is 11.3 Å². The molecule has 0 bridgehead atoms. The fourth-order valence-electron chi connectivity index (χ4n) is 2.22. The Bertz CT molecular complexity index is 265. The molecule has 0 saturated heterocycles. The quantitative estimate of drug-likeness (QED) is 0.793. The van der Waals surface area contributed by atoms with Crippen LogP contribution in [0.25, 0.3) is 0 Å². The highest BCUT2D eigenvalue weighted by atomic mass is 32.1. The molecule has 78 valence electrons. The predicted molar refractivity (Wildman–Crippen MR) is 59.3 cm³/mol. The lowest BCUT2D eigenvalue weighted by Gasteiger charge is -2.28. The minimum atomic E-state index is 0.146. The lowest BCUT2D eigenvalue weighted by molar-refractivity contribution is 0.345. The maximum absolute atomic E-state index is 5.54. The Balaban J connectivity index is 2.14. The molecule has 0 spiro atoms. The Morgan fingerprint density at radius 2 is 2.29 bits per heavy atom. The normalized spacial score (nSPS) is 20.1. The Labute approximate surface area is 88.7 Å². The van der Waals surface area contributed by atoms with E-state index >= 15 is 0 Å². The van der Waals surface area contributed by atoms with Crippen molar-refractivity contribution < 1.29 is 0 Å². The zero-order valence-corrected chi connectivity index (χ0v) is 9.15. The summed E-state index contributed by atoms with van der Waals surface area (Å²) in [6.45, 7) is 1.59. The Morgan fingerprint density at radius 1 is 1.50 bits per heavy atom. The van der Waals surface area contributed by atoms with E-state index in [-0.39, 0.29) is 5.54 Å². The van der Waals surface area contributed by atoms with Gasteiger partial charge in [0.1, 0.15) is 5.01 Å². The molecule has 0 amide bonds. The zero-order chi connectivity index (χ0) is 9.86. The summed E-state index contributed by atoms with van der Waals surface area (Å²) in [5, 5.41) is 6.86. The van der Waals surface area contributed by atoms with Crippen LogP contribution in [-0.2, 0) is 5.54 Å². The molecule has 1 aromatic rings. The van der Waals surface area contributed by atoms with Crippen LogP contribution in [0.1, 0.15) is 30.7 Å². The fourth-order valence-corrected chi connectivity index (χ4v) is 3.09. The van der Waals surface area contributed by atoms with Crippen LogP contribution in [0, 0.1) is 0 Å². The Kier molecular flexibility index (Phi) is 3.15. The zero-order valence-electron chi connectivity index (χ0n) is 8.33. The summed E-state index contributed by atoms with van der Waals surface area (Å²) < 4.78 is 0. The molecule has 1 heterocycles. The van der Waals surface area contributed by atoms with Crippen molar-refractivity contribution in [2.24, 2.45) is 5.73 Å². The first-order valence-corrected chi connectivity index (χ1v) is 6.10. The molecule has 14 heavy (non-hydrogen) atoms. The van der Waals surface area contributed by atoms with Crippen molar-refractivity contribution in [1.29, 1.82) is 0 Å². The minimum absolute atomic E-state index is 0.146. The second kappa shape index (κ2) is 4.38. The van der Waals surface area contributed by atoms with Crippen LogP contribution in [0.4, 0.5) is 0 Å². The van der Waals surface area contributed by atoms with Gasteiger partial charge < -0.3 is 11.1 Å². The number of aromatic nitrogens is 1. The van der Waals surface area contributed by atoms with Crippen molar-refractivity contribution in [3.63, 3.8) is 0 Å². The molecule has 4 heteroatoms. The highest BCUT2D eigenvalue weighted by Crippen LogP contribution is 2.39. The number of hydrogen-bond donors (Lipinski definition) is 2. The number of thiazole rings is 1. The van der Waals surface area contributed by atoms with Gasteiger partial charge >= 0.3 is 0 Å². The van der Waals surface area contributed by atoms with Gasteiger partial charge in [0.15, 0.2) is 0 Å². The van der Waals surface area contributed by atoms with Crippen LogP contribution in [0.2, 0.25) is 0 Å². The number of nitrogens with one attached hydrogen (secondary N) is 1.